The molecule has 2 rings (SSSR count). The third kappa shape index (κ3) is 0.847. The van der Waals surface area contributed by atoms with Crippen molar-refractivity contribution in [2.24, 2.45) is 0 Å². The van der Waals surface area contributed by atoms with Crippen LogP contribution in [0.5, 0.6) is 0 Å². The van der Waals surface area contributed by atoms with Gasteiger partial charge in [0.05, 0.1) is 6.04 Å². The summed E-state index contributed by atoms with van der Waals surface area (Å²) in [5.41, 5.74) is 1.25. The standard InChI is InChI=1S/C8H11NO/c1-5-3-8(7-4-9-7)10-6(5)2/h3,7,9H,4H2,1-2H3/t7-/m1/s1. The van der Waals surface area contributed by atoms with E-state index in [9.17, 15) is 0 Å². The summed E-state index contributed by atoms with van der Waals surface area (Å²) in [5, 5.41) is 3.20. The molecule has 2 nitrogen and oxygen atoms in total. The fourth-order valence-corrected chi connectivity index (χ4v) is 1.03. The summed E-state index contributed by atoms with van der Waals surface area (Å²) in [6.07, 6.45) is 0. The van der Waals surface area contributed by atoms with E-state index in [1.165, 1.54) is 5.56 Å². The van der Waals surface area contributed by atoms with E-state index >= 15 is 0 Å². The predicted octanol–water partition coefficient (Wildman–Crippen LogP) is 1.54. The van der Waals surface area contributed by atoms with Crippen LogP contribution < -0.4 is 5.32 Å². The number of nitrogens with one attached hydrogen (secondary N) is 1. The molecule has 0 saturated carbocycles. The van der Waals surface area contributed by atoms with Gasteiger partial charge >= 0.3 is 0 Å². The van der Waals surface area contributed by atoms with E-state index in [0.717, 1.165) is 18.1 Å². The van der Waals surface area contributed by atoms with Crippen molar-refractivity contribution in [2.45, 2.75) is 19.9 Å². The Morgan fingerprint density at radius 3 is 2.70 bits per heavy atom. The molecule has 0 amide bonds. The molecule has 1 aromatic heterocycles. The Kier molecular flexibility index (Phi) is 1.11. The van der Waals surface area contributed by atoms with Crippen molar-refractivity contribution in [3.8, 4) is 0 Å². The Morgan fingerprint density at radius 1 is 1.60 bits per heavy atom. The monoisotopic (exact) mass is 137 g/mol. The minimum Gasteiger partial charge on any atom is -0.464 e. The second-order valence-corrected chi connectivity index (χ2v) is 2.85. The van der Waals surface area contributed by atoms with Crippen LogP contribution in [-0.2, 0) is 0 Å². The number of rotatable bonds is 1. The maximum Gasteiger partial charge on any atom is 0.122 e. The van der Waals surface area contributed by atoms with Crippen LogP contribution in [0.2, 0.25) is 0 Å². The van der Waals surface area contributed by atoms with Crippen molar-refractivity contribution < 1.29 is 4.42 Å². The highest BCUT2D eigenvalue weighted by Crippen LogP contribution is 2.25. The van der Waals surface area contributed by atoms with Gasteiger partial charge in [0.25, 0.3) is 0 Å². The smallest absolute Gasteiger partial charge is 0.122 e. The molecule has 1 aliphatic rings. The maximum atomic E-state index is 5.48. The van der Waals surface area contributed by atoms with Gasteiger partial charge in [-0.15, -0.1) is 0 Å². The van der Waals surface area contributed by atoms with Crippen LogP contribution in [0.1, 0.15) is 23.1 Å². The molecule has 0 bridgehead atoms. The van der Waals surface area contributed by atoms with Gasteiger partial charge in [-0.1, -0.05) is 0 Å². The SMILES string of the molecule is Cc1cc([C@H]2CN2)oc1C. The van der Waals surface area contributed by atoms with Crippen LogP contribution in [0.25, 0.3) is 0 Å². The zero-order chi connectivity index (χ0) is 7.14. The van der Waals surface area contributed by atoms with Crippen LogP contribution in [-0.4, -0.2) is 6.54 Å². The molecule has 1 saturated heterocycles. The van der Waals surface area contributed by atoms with Crippen LogP contribution in [0.3, 0.4) is 0 Å². The lowest BCUT2D eigenvalue weighted by Gasteiger charge is -1.85. The van der Waals surface area contributed by atoms with Gasteiger partial charge in [-0.2, -0.15) is 0 Å². The molecule has 1 N–H and O–H groups in total. The average Bonchev–Trinajstić information content (AvgIpc) is 2.64. The lowest BCUT2D eigenvalue weighted by Crippen LogP contribution is -1.76. The molecule has 2 heteroatoms. The fraction of sp³-hybridized carbons (Fsp3) is 0.500. The van der Waals surface area contributed by atoms with Gasteiger partial charge in [-0.25, -0.2) is 0 Å². The summed E-state index contributed by atoms with van der Waals surface area (Å²) >= 11 is 0. The van der Waals surface area contributed by atoms with Gasteiger partial charge in [-0.3, -0.25) is 0 Å². The fourth-order valence-electron chi connectivity index (χ4n) is 1.03. The zero-order valence-corrected chi connectivity index (χ0v) is 6.27. The third-order valence-corrected chi connectivity index (χ3v) is 1.94. The van der Waals surface area contributed by atoms with Gasteiger partial charge in [0.15, 0.2) is 0 Å². The molecular formula is C8H11NO. The molecule has 0 aromatic carbocycles. The van der Waals surface area contributed by atoms with E-state index < -0.39 is 0 Å². The molecular weight excluding hydrogens is 126 g/mol. The quantitative estimate of drug-likeness (QED) is 0.596. The van der Waals surface area contributed by atoms with Crippen LogP contribution in [0.15, 0.2) is 10.5 Å². The highest BCUT2D eigenvalue weighted by atomic mass is 16.3. The lowest BCUT2D eigenvalue weighted by atomic mass is 10.2. The van der Waals surface area contributed by atoms with Crippen LogP contribution in [0.4, 0.5) is 0 Å². The van der Waals surface area contributed by atoms with Gasteiger partial charge in [0.1, 0.15) is 11.5 Å². The Morgan fingerprint density at radius 2 is 2.30 bits per heavy atom. The van der Waals surface area contributed by atoms with Crippen molar-refractivity contribution in [3.63, 3.8) is 0 Å². The van der Waals surface area contributed by atoms with Crippen molar-refractivity contribution in [3.05, 3.63) is 23.2 Å². The van der Waals surface area contributed by atoms with Crippen LogP contribution in [0, 0.1) is 13.8 Å². The first kappa shape index (κ1) is 5.98. The molecule has 0 radical (unpaired) electrons. The van der Waals surface area contributed by atoms with E-state index in [0.29, 0.717) is 6.04 Å². The molecule has 1 fully saturated rings. The largest absolute Gasteiger partial charge is 0.464 e. The van der Waals surface area contributed by atoms with E-state index in [1.54, 1.807) is 0 Å². The van der Waals surface area contributed by atoms with Crippen LogP contribution >= 0.6 is 0 Å². The Bertz CT molecular complexity index is 228. The molecule has 1 aliphatic heterocycles. The Labute approximate surface area is 60.2 Å². The second-order valence-electron chi connectivity index (χ2n) is 2.85. The summed E-state index contributed by atoms with van der Waals surface area (Å²) in [6.45, 7) is 5.15. The number of hydrogen-bond acceptors (Lipinski definition) is 2. The van der Waals surface area contributed by atoms with Gasteiger partial charge in [0.2, 0.25) is 0 Å². The molecule has 0 spiro atoms. The molecule has 0 aliphatic carbocycles. The first-order valence-electron chi connectivity index (χ1n) is 3.57. The highest BCUT2D eigenvalue weighted by Gasteiger charge is 2.25. The van der Waals surface area contributed by atoms with Crippen molar-refractivity contribution in [1.82, 2.24) is 5.32 Å². The minimum atomic E-state index is 0.507. The topological polar surface area (TPSA) is 35.1 Å². The molecule has 0 unspecified atom stereocenters. The maximum absolute atomic E-state index is 5.48. The van der Waals surface area contributed by atoms with Gasteiger partial charge in [0, 0.05) is 6.54 Å². The number of furan rings is 1. The van der Waals surface area contributed by atoms with Gasteiger partial charge in [-0.05, 0) is 25.5 Å². The zero-order valence-electron chi connectivity index (χ0n) is 6.27. The minimum absolute atomic E-state index is 0.507. The predicted molar refractivity (Wildman–Crippen MR) is 38.9 cm³/mol. The van der Waals surface area contributed by atoms with Gasteiger partial charge < -0.3 is 9.73 Å². The Balaban J connectivity index is 2.34. The first-order valence-corrected chi connectivity index (χ1v) is 3.57. The third-order valence-electron chi connectivity index (χ3n) is 1.94. The van der Waals surface area contributed by atoms with Crippen molar-refractivity contribution in [1.29, 1.82) is 0 Å². The highest BCUT2D eigenvalue weighted by molar-refractivity contribution is 5.23. The van der Waals surface area contributed by atoms with E-state index in [2.05, 4.69) is 18.3 Å². The lowest BCUT2D eigenvalue weighted by molar-refractivity contribution is 0.482. The van der Waals surface area contributed by atoms with Crippen molar-refractivity contribution in [2.75, 3.05) is 6.54 Å². The summed E-state index contributed by atoms with van der Waals surface area (Å²) in [5.74, 6) is 2.14. The van der Waals surface area contributed by atoms with E-state index in [1.807, 2.05) is 6.92 Å². The van der Waals surface area contributed by atoms with E-state index in [4.69, 9.17) is 4.42 Å². The first-order chi connectivity index (χ1) is 4.77. The summed E-state index contributed by atoms with van der Waals surface area (Å²) in [7, 11) is 0. The second kappa shape index (κ2) is 1.86. The molecule has 1 atom stereocenters. The number of aryl methyl sites for hydroxylation is 2. The molecule has 10 heavy (non-hydrogen) atoms. The average molecular weight is 137 g/mol. The summed E-state index contributed by atoms with van der Waals surface area (Å²) in [4.78, 5) is 0. The van der Waals surface area contributed by atoms with E-state index in [-0.39, 0.29) is 0 Å². The number of hydrogen-bond donors (Lipinski definition) is 1. The molecule has 2 heterocycles. The molecule has 1 aromatic rings. The van der Waals surface area contributed by atoms with Crippen molar-refractivity contribution >= 4 is 0 Å². The summed E-state index contributed by atoms with van der Waals surface area (Å²) < 4.78 is 5.48. The Hall–Kier alpha value is -0.760. The normalized spacial score (nSPS) is 23.2. The molecule has 54 valence electrons. The summed E-state index contributed by atoms with van der Waals surface area (Å²) in [6, 6.07) is 2.62.